The zero-order chi connectivity index (χ0) is 10.7. The molecule has 0 aliphatic carbocycles. The number of amidine groups is 1. The van der Waals surface area contributed by atoms with E-state index in [1.807, 2.05) is 0 Å². The van der Waals surface area contributed by atoms with Crippen LogP contribution in [0.15, 0.2) is 29.3 Å². The number of rotatable bonds is 2. The standard InChI is InChI=1S/C13H18N2/c1-10-6-3-4-7-12(10)11(2)15-13-8-5-9-14-13/h3-4,6-7,11H,5,8-9H2,1-2H3,(H,14,15). The van der Waals surface area contributed by atoms with Gasteiger partial charge in [-0.2, -0.15) is 0 Å². The number of nitrogens with one attached hydrogen (secondary N) is 1. The Hall–Kier alpha value is -1.31. The Morgan fingerprint density at radius 1 is 1.33 bits per heavy atom. The van der Waals surface area contributed by atoms with Crippen molar-refractivity contribution in [1.82, 2.24) is 5.32 Å². The second-order valence-electron chi connectivity index (χ2n) is 4.15. The highest BCUT2D eigenvalue weighted by atomic mass is 15.0. The number of hydrogen-bond acceptors (Lipinski definition) is 2. The highest BCUT2D eigenvalue weighted by Gasteiger charge is 2.11. The van der Waals surface area contributed by atoms with Gasteiger partial charge in [0.25, 0.3) is 0 Å². The highest BCUT2D eigenvalue weighted by Crippen LogP contribution is 2.17. The van der Waals surface area contributed by atoms with Crippen molar-refractivity contribution in [3.63, 3.8) is 0 Å². The van der Waals surface area contributed by atoms with Gasteiger partial charge in [0.2, 0.25) is 0 Å². The minimum absolute atomic E-state index is 0.364. The predicted octanol–water partition coefficient (Wildman–Crippen LogP) is 2.84. The maximum absolute atomic E-state index is 4.44. The fourth-order valence-electron chi connectivity index (χ4n) is 2.06. The molecule has 0 bridgehead atoms. The van der Waals surface area contributed by atoms with Crippen molar-refractivity contribution < 1.29 is 0 Å². The molecule has 0 fully saturated rings. The van der Waals surface area contributed by atoms with Gasteiger partial charge in [0, 0.05) is 19.0 Å². The van der Waals surface area contributed by atoms with E-state index in [-0.39, 0.29) is 0 Å². The van der Waals surface area contributed by atoms with Gasteiger partial charge in [-0.05, 0) is 31.4 Å². The predicted molar refractivity (Wildman–Crippen MR) is 64.3 cm³/mol. The summed E-state index contributed by atoms with van der Waals surface area (Å²) in [5.41, 5.74) is 2.71. The van der Waals surface area contributed by atoms with Crippen LogP contribution in [0.2, 0.25) is 0 Å². The third-order valence-electron chi connectivity index (χ3n) is 2.91. The van der Waals surface area contributed by atoms with Crippen LogP contribution in [-0.2, 0) is 0 Å². The van der Waals surface area contributed by atoms with Gasteiger partial charge in [0.05, 0.1) is 5.84 Å². The Labute approximate surface area is 91.4 Å². The third-order valence-corrected chi connectivity index (χ3v) is 2.91. The molecule has 2 heteroatoms. The first kappa shape index (κ1) is 10.2. The summed E-state index contributed by atoms with van der Waals surface area (Å²) in [6, 6.07) is 8.88. The van der Waals surface area contributed by atoms with E-state index >= 15 is 0 Å². The van der Waals surface area contributed by atoms with Crippen LogP contribution in [0.25, 0.3) is 0 Å². The van der Waals surface area contributed by atoms with E-state index in [0.29, 0.717) is 6.04 Å². The normalized spacial score (nSPS) is 17.3. The van der Waals surface area contributed by atoms with E-state index < -0.39 is 0 Å². The Balaban J connectivity index is 2.07. The molecule has 0 amide bonds. The van der Waals surface area contributed by atoms with Crippen molar-refractivity contribution in [2.75, 3.05) is 6.54 Å². The molecule has 2 rings (SSSR count). The molecule has 1 atom stereocenters. The molecule has 1 N–H and O–H groups in total. The van der Waals surface area contributed by atoms with Crippen molar-refractivity contribution >= 4 is 5.84 Å². The lowest BCUT2D eigenvalue weighted by Gasteiger charge is -2.17. The number of benzene rings is 1. The Morgan fingerprint density at radius 3 is 2.80 bits per heavy atom. The molecule has 0 saturated carbocycles. The molecule has 0 spiro atoms. The summed E-state index contributed by atoms with van der Waals surface area (Å²) < 4.78 is 0. The van der Waals surface area contributed by atoms with Crippen LogP contribution in [0.3, 0.4) is 0 Å². The smallest absolute Gasteiger partial charge is 0.0968 e. The van der Waals surface area contributed by atoms with E-state index in [1.165, 1.54) is 23.4 Å². The summed E-state index contributed by atoms with van der Waals surface area (Å²) in [6.45, 7) is 5.34. The number of aryl methyl sites for hydroxylation is 1. The van der Waals surface area contributed by atoms with Gasteiger partial charge in [-0.3, -0.25) is 4.99 Å². The molecule has 1 aliphatic rings. The molecule has 1 unspecified atom stereocenters. The lowest BCUT2D eigenvalue weighted by atomic mass is 10.0. The molecule has 0 saturated heterocycles. The van der Waals surface area contributed by atoms with Gasteiger partial charge in [-0.25, -0.2) is 0 Å². The van der Waals surface area contributed by atoms with E-state index in [4.69, 9.17) is 0 Å². The summed E-state index contributed by atoms with van der Waals surface area (Å²) in [7, 11) is 0. The number of aliphatic imine (C=N–C) groups is 1. The van der Waals surface area contributed by atoms with Crippen LogP contribution < -0.4 is 5.32 Å². The molecule has 1 heterocycles. The van der Waals surface area contributed by atoms with Crippen molar-refractivity contribution in [2.24, 2.45) is 4.99 Å². The van der Waals surface area contributed by atoms with Crippen LogP contribution >= 0.6 is 0 Å². The van der Waals surface area contributed by atoms with Crippen molar-refractivity contribution in [2.45, 2.75) is 32.7 Å². The first-order valence-corrected chi connectivity index (χ1v) is 5.63. The molecule has 2 nitrogen and oxygen atoms in total. The quantitative estimate of drug-likeness (QED) is 0.783. The number of nitrogens with zero attached hydrogens (tertiary/aromatic N) is 1. The third kappa shape index (κ3) is 2.38. The van der Waals surface area contributed by atoms with Crippen LogP contribution in [0.1, 0.15) is 36.9 Å². The highest BCUT2D eigenvalue weighted by molar-refractivity contribution is 5.83. The first-order chi connectivity index (χ1) is 7.27. The monoisotopic (exact) mass is 202 g/mol. The summed E-state index contributed by atoms with van der Waals surface area (Å²) in [5, 5.41) is 3.49. The molecule has 15 heavy (non-hydrogen) atoms. The Bertz CT molecular complexity index is 369. The second-order valence-corrected chi connectivity index (χ2v) is 4.15. The van der Waals surface area contributed by atoms with E-state index in [1.54, 1.807) is 0 Å². The number of hydrogen-bond donors (Lipinski definition) is 1. The molecule has 1 aliphatic heterocycles. The largest absolute Gasteiger partial charge is 0.367 e. The molecule has 80 valence electrons. The average molecular weight is 202 g/mol. The van der Waals surface area contributed by atoms with Crippen LogP contribution in [0.5, 0.6) is 0 Å². The van der Waals surface area contributed by atoms with Crippen molar-refractivity contribution in [1.29, 1.82) is 0 Å². The topological polar surface area (TPSA) is 24.4 Å². The Kier molecular flexibility index (Phi) is 3.05. The summed E-state index contributed by atoms with van der Waals surface area (Å²) in [5.74, 6) is 1.17. The zero-order valence-corrected chi connectivity index (χ0v) is 9.46. The van der Waals surface area contributed by atoms with Gasteiger partial charge < -0.3 is 5.32 Å². The van der Waals surface area contributed by atoms with E-state index in [0.717, 1.165) is 13.0 Å². The van der Waals surface area contributed by atoms with E-state index in [2.05, 4.69) is 48.4 Å². The summed E-state index contributed by atoms with van der Waals surface area (Å²) in [6.07, 6.45) is 2.30. The van der Waals surface area contributed by atoms with Crippen LogP contribution in [0, 0.1) is 6.92 Å². The maximum atomic E-state index is 4.44. The minimum atomic E-state index is 0.364. The molecule has 0 aromatic heterocycles. The van der Waals surface area contributed by atoms with Gasteiger partial charge in [0.15, 0.2) is 0 Å². The van der Waals surface area contributed by atoms with Crippen molar-refractivity contribution in [3.8, 4) is 0 Å². The second kappa shape index (κ2) is 4.47. The molecule has 0 radical (unpaired) electrons. The first-order valence-electron chi connectivity index (χ1n) is 5.63. The molecular weight excluding hydrogens is 184 g/mol. The SMILES string of the molecule is Cc1ccccc1C(C)NC1=NCCC1. The van der Waals surface area contributed by atoms with Crippen LogP contribution in [0.4, 0.5) is 0 Å². The lowest BCUT2D eigenvalue weighted by molar-refractivity contribution is 0.704. The van der Waals surface area contributed by atoms with E-state index in [9.17, 15) is 0 Å². The van der Waals surface area contributed by atoms with Crippen LogP contribution in [-0.4, -0.2) is 12.4 Å². The Morgan fingerprint density at radius 2 is 2.13 bits per heavy atom. The summed E-state index contributed by atoms with van der Waals surface area (Å²) >= 11 is 0. The average Bonchev–Trinajstić information content (AvgIpc) is 2.71. The minimum Gasteiger partial charge on any atom is -0.367 e. The molecule has 1 aromatic rings. The maximum Gasteiger partial charge on any atom is 0.0968 e. The molecular formula is C13H18N2. The fourth-order valence-corrected chi connectivity index (χ4v) is 2.06. The van der Waals surface area contributed by atoms with Crippen molar-refractivity contribution in [3.05, 3.63) is 35.4 Å². The van der Waals surface area contributed by atoms with Gasteiger partial charge in [0.1, 0.15) is 0 Å². The molecule has 1 aromatic carbocycles. The van der Waals surface area contributed by atoms with Gasteiger partial charge in [-0.1, -0.05) is 24.3 Å². The van der Waals surface area contributed by atoms with Gasteiger partial charge >= 0.3 is 0 Å². The fraction of sp³-hybridized carbons (Fsp3) is 0.462. The van der Waals surface area contributed by atoms with Gasteiger partial charge in [-0.15, -0.1) is 0 Å². The lowest BCUT2D eigenvalue weighted by Crippen LogP contribution is -2.25. The summed E-state index contributed by atoms with van der Waals surface area (Å²) in [4.78, 5) is 4.44. The zero-order valence-electron chi connectivity index (χ0n) is 9.46.